The molecule has 7 nitrogen and oxygen atoms in total. The van der Waals surface area contributed by atoms with Crippen LogP contribution in [0.25, 0.3) is 0 Å². The van der Waals surface area contributed by atoms with Gasteiger partial charge in [-0.1, -0.05) is 31.0 Å². The SMILES string of the molecule is O=C(C1CCCC1)N(Cc1cnc(S(=O)(=O)Cc2ccccc2F)n1CC1CCCO1)CC1CC1. The van der Waals surface area contributed by atoms with Gasteiger partial charge in [-0.05, 0) is 50.5 Å². The van der Waals surface area contributed by atoms with Crippen LogP contribution in [0, 0.1) is 17.7 Å². The van der Waals surface area contributed by atoms with Crippen LogP contribution in [0.4, 0.5) is 4.39 Å². The van der Waals surface area contributed by atoms with Crippen LogP contribution in [0.15, 0.2) is 35.6 Å². The zero-order chi connectivity index (χ0) is 24.4. The molecule has 3 aliphatic rings. The van der Waals surface area contributed by atoms with Crippen molar-refractivity contribution >= 4 is 15.7 Å². The lowest BCUT2D eigenvalue weighted by atomic mass is 10.1. The first-order chi connectivity index (χ1) is 16.9. The minimum atomic E-state index is -3.92. The molecule has 5 rings (SSSR count). The van der Waals surface area contributed by atoms with Crippen LogP contribution in [0.2, 0.25) is 0 Å². The Balaban J connectivity index is 1.44. The number of carbonyl (C=O) groups is 1. The summed E-state index contributed by atoms with van der Waals surface area (Å²) in [6.07, 6.45) is 9.54. The summed E-state index contributed by atoms with van der Waals surface area (Å²) in [7, 11) is -3.92. The summed E-state index contributed by atoms with van der Waals surface area (Å²) in [5.74, 6) is -0.248. The van der Waals surface area contributed by atoms with E-state index in [0.717, 1.165) is 51.4 Å². The van der Waals surface area contributed by atoms with Gasteiger partial charge in [-0.2, -0.15) is 0 Å². The first kappa shape index (κ1) is 24.4. The number of halogens is 1. The Hall–Kier alpha value is -2.26. The fourth-order valence-corrected chi connectivity index (χ4v) is 6.82. The molecule has 1 aromatic heterocycles. The number of sulfone groups is 1. The average molecular weight is 504 g/mol. The predicted octanol–water partition coefficient (Wildman–Crippen LogP) is 4.10. The minimum Gasteiger partial charge on any atom is -0.376 e. The Morgan fingerprint density at radius 1 is 1.11 bits per heavy atom. The number of nitrogens with zero attached hydrogens (tertiary/aromatic N) is 3. The van der Waals surface area contributed by atoms with Crippen LogP contribution in [-0.4, -0.2) is 48.0 Å². The van der Waals surface area contributed by atoms with Crippen LogP contribution in [-0.2, 0) is 38.2 Å². The number of carbonyl (C=O) groups excluding carboxylic acids is 1. The lowest BCUT2D eigenvalue weighted by Gasteiger charge is -2.27. The molecule has 2 saturated carbocycles. The fourth-order valence-electron chi connectivity index (χ4n) is 5.31. The van der Waals surface area contributed by atoms with Gasteiger partial charge >= 0.3 is 0 Å². The number of hydrogen-bond donors (Lipinski definition) is 0. The monoisotopic (exact) mass is 503 g/mol. The molecule has 1 atom stereocenters. The highest BCUT2D eigenvalue weighted by atomic mass is 32.2. The second-order valence-electron chi connectivity index (χ2n) is 10.3. The average Bonchev–Trinajstić information content (AvgIpc) is 3.24. The Morgan fingerprint density at radius 2 is 1.89 bits per heavy atom. The van der Waals surface area contributed by atoms with Crippen LogP contribution in [0.1, 0.15) is 62.6 Å². The molecule has 1 aromatic carbocycles. The normalized spacial score (nSPS) is 21.0. The van der Waals surface area contributed by atoms with Gasteiger partial charge in [-0.3, -0.25) is 4.79 Å². The number of amides is 1. The van der Waals surface area contributed by atoms with E-state index in [9.17, 15) is 17.6 Å². The molecule has 1 amide bonds. The first-order valence-electron chi connectivity index (χ1n) is 12.8. The highest BCUT2D eigenvalue weighted by Crippen LogP contribution is 2.33. The zero-order valence-electron chi connectivity index (χ0n) is 20.1. The second-order valence-corrected chi connectivity index (χ2v) is 12.2. The second kappa shape index (κ2) is 10.4. The molecule has 0 N–H and O–H groups in total. The molecule has 2 heterocycles. The van der Waals surface area contributed by atoms with E-state index in [1.165, 1.54) is 18.2 Å². The van der Waals surface area contributed by atoms with E-state index in [0.29, 0.717) is 37.9 Å². The molecule has 1 saturated heterocycles. The van der Waals surface area contributed by atoms with Gasteiger partial charge in [-0.15, -0.1) is 0 Å². The van der Waals surface area contributed by atoms with E-state index in [1.807, 2.05) is 4.90 Å². The number of imidazole rings is 1. The molecule has 9 heteroatoms. The number of ether oxygens (including phenoxy) is 1. The molecule has 35 heavy (non-hydrogen) atoms. The molecule has 0 bridgehead atoms. The lowest BCUT2D eigenvalue weighted by molar-refractivity contribution is -0.136. The Morgan fingerprint density at radius 3 is 2.57 bits per heavy atom. The zero-order valence-corrected chi connectivity index (χ0v) is 20.9. The maximum Gasteiger partial charge on any atom is 0.228 e. The quantitative estimate of drug-likeness (QED) is 0.488. The summed E-state index contributed by atoms with van der Waals surface area (Å²) < 4.78 is 48.6. The van der Waals surface area contributed by atoms with E-state index in [1.54, 1.807) is 16.8 Å². The molecule has 3 fully saturated rings. The van der Waals surface area contributed by atoms with Crippen molar-refractivity contribution in [2.45, 2.75) is 81.5 Å². The lowest BCUT2D eigenvalue weighted by Crippen LogP contribution is -2.37. The van der Waals surface area contributed by atoms with E-state index in [-0.39, 0.29) is 28.6 Å². The van der Waals surface area contributed by atoms with Gasteiger partial charge in [-0.25, -0.2) is 17.8 Å². The van der Waals surface area contributed by atoms with E-state index in [4.69, 9.17) is 4.74 Å². The molecular formula is C26H34FN3O4S. The summed E-state index contributed by atoms with van der Waals surface area (Å²) >= 11 is 0. The van der Waals surface area contributed by atoms with Gasteiger partial charge < -0.3 is 14.2 Å². The van der Waals surface area contributed by atoms with Crippen LogP contribution in [0.3, 0.4) is 0 Å². The fraction of sp³-hybridized carbons (Fsp3) is 0.615. The van der Waals surface area contributed by atoms with Gasteiger partial charge in [0, 0.05) is 24.6 Å². The summed E-state index contributed by atoms with van der Waals surface area (Å²) in [5, 5.41) is -0.0778. The summed E-state index contributed by atoms with van der Waals surface area (Å²) in [6.45, 7) is 2.05. The third-order valence-corrected chi connectivity index (χ3v) is 9.01. The number of rotatable bonds is 10. The van der Waals surface area contributed by atoms with Gasteiger partial charge in [0.2, 0.25) is 20.9 Å². The predicted molar refractivity (Wildman–Crippen MR) is 129 cm³/mol. The van der Waals surface area contributed by atoms with Gasteiger partial charge in [0.25, 0.3) is 0 Å². The highest BCUT2D eigenvalue weighted by molar-refractivity contribution is 7.90. The van der Waals surface area contributed by atoms with Gasteiger partial charge in [0.1, 0.15) is 5.82 Å². The Labute approximate surface area is 206 Å². The Bertz CT molecular complexity index is 1150. The first-order valence-corrected chi connectivity index (χ1v) is 14.5. The minimum absolute atomic E-state index is 0.0625. The van der Waals surface area contributed by atoms with Crippen molar-refractivity contribution in [2.24, 2.45) is 11.8 Å². The van der Waals surface area contributed by atoms with Crippen molar-refractivity contribution in [3.05, 3.63) is 47.5 Å². The maximum absolute atomic E-state index is 14.2. The third-order valence-electron chi connectivity index (χ3n) is 7.44. The maximum atomic E-state index is 14.2. The van der Waals surface area contributed by atoms with Crippen LogP contribution >= 0.6 is 0 Å². The van der Waals surface area contributed by atoms with Crippen LogP contribution in [0.5, 0.6) is 0 Å². The standard InChI is InChI=1S/C26H34FN3O4S/c27-24-10-4-3-8-21(24)18-35(32,33)26-28-14-22(30(26)17-23-9-5-13-34-23)16-29(15-19-11-12-19)25(31)20-6-1-2-7-20/h3-4,8,10,14,19-20,23H,1-2,5-7,9,11-13,15-18H2. The van der Waals surface area contributed by atoms with Crippen molar-refractivity contribution in [3.8, 4) is 0 Å². The molecule has 190 valence electrons. The van der Waals surface area contributed by atoms with E-state index in [2.05, 4.69) is 4.98 Å². The molecule has 0 spiro atoms. The molecule has 0 radical (unpaired) electrons. The van der Waals surface area contributed by atoms with Crippen molar-refractivity contribution in [3.63, 3.8) is 0 Å². The van der Waals surface area contributed by atoms with E-state index < -0.39 is 21.4 Å². The van der Waals surface area contributed by atoms with Gasteiger partial charge in [0.15, 0.2) is 0 Å². The largest absolute Gasteiger partial charge is 0.376 e. The molecule has 2 aliphatic carbocycles. The van der Waals surface area contributed by atoms with Crippen molar-refractivity contribution in [1.29, 1.82) is 0 Å². The smallest absolute Gasteiger partial charge is 0.228 e. The summed E-state index contributed by atoms with van der Waals surface area (Å²) in [4.78, 5) is 19.6. The molecule has 1 unspecified atom stereocenters. The third kappa shape index (κ3) is 5.77. The topological polar surface area (TPSA) is 81.5 Å². The van der Waals surface area contributed by atoms with Crippen molar-refractivity contribution in [1.82, 2.24) is 14.5 Å². The Kier molecular flexibility index (Phi) is 7.25. The van der Waals surface area contributed by atoms with Crippen molar-refractivity contribution < 1.29 is 22.3 Å². The number of benzene rings is 1. The summed E-state index contributed by atoms with van der Waals surface area (Å²) in [6, 6.07) is 5.92. The highest BCUT2D eigenvalue weighted by Gasteiger charge is 2.34. The van der Waals surface area contributed by atoms with E-state index >= 15 is 0 Å². The number of hydrogen-bond acceptors (Lipinski definition) is 5. The molecule has 1 aliphatic heterocycles. The molecular weight excluding hydrogens is 469 g/mol. The summed E-state index contributed by atoms with van der Waals surface area (Å²) in [5.41, 5.74) is 0.812. The molecule has 2 aromatic rings. The van der Waals surface area contributed by atoms with Crippen molar-refractivity contribution in [2.75, 3.05) is 13.2 Å². The number of aromatic nitrogens is 2. The van der Waals surface area contributed by atoms with Gasteiger partial charge in [0.05, 0.1) is 36.8 Å². The van der Waals surface area contributed by atoms with Crippen LogP contribution < -0.4 is 0 Å².